The number of Topliss-reactive ketones (excluding diaryl/α,β-unsaturated/α-hetero) is 1. The topological polar surface area (TPSA) is 104 Å². The quantitative estimate of drug-likeness (QED) is 0.447. The van der Waals surface area contributed by atoms with E-state index in [1.807, 2.05) is 0 Å². The molecule has 0 radical (unpaired) electrons. The van der Waals surface area contributed by atoms with Gasteiger partial charge in [0.25, 0.3) is 5.69 Å². The first-order valence-electron chi connectivity index (χ1n) is 3.89. The average Bonchev–Trinajstić information content (AvgIpc) is 2.15. The normalized spacial score (nSPS) is 9.33. The predicted octanol–water partition coefficient (Wildman–Crippen LogP) is 1.37. The molecule has 0 aliphatic heterocycles. The number of nitriles is 1. The fourth-order valence-electron chi connectivity index (χ4n) is 1.17. The van der Waals surface area contributed by atoms with Gasteiger partial charge in [-0.15, -0.1) is 0 Å². The van der Waals surface area contributed by atoms with E-state index in [4.69, 9.17) is 10.4 Å². The molecule has 1 N–H and O–H groups in total. The summed E-state index contributed by atoms with van der Waals surface area (Å²) in [4.78, 5) is 20.9. The Labute approximate surface area is 84.5 Å². The van der Waals surface area contributed by atoms with Crippen molar-refractivity contribution in [3.63, 3.8) is 0 Å². The number of hydrogen-bond acceptors (Lipinski definition) is 5. The van der Waals surface area contributed by atoms with Gasteiger partial charge in [0, 0.05) is 6.07 Å². The number of carbonyl (C=O) groups excluding carboxylic acids is 1. The molecule has 0 aromatic heterocycles. The van der Waals surface area contributed by atoms with Crippen LogP contribution in [0, 0.1) is 21.4 Å². The fourth-order valence-corrected chi connectivity index (χ4v) is 1.17. The number of carbonyl (C=O) groups is 1. The zero-order valence-corrected chi connectivity index (χ0v) is 7.72. The second kappa shape index (κ2) is 3.75. The maximum absolute atomic E-state index is 11.1. The Morgan fingerprint density at radius 1 is 1.60 bits per heavy atom. The Hall–Kier alpha value is -2.42. The molecule has 0 saturated heterocycles. The van der Waals surface area contributed by atoms with Crippen LogP contribution >= 0.6 is 0 Å². The Morgan fingerprint density at radius 3 is 2.60 bits per heavy atom. The van der Waals surface area contributed by atoms with Crippen LogP contribution in [0.2, 0.25) is 0 Å². The molecule has 0 aliphatic carbocycles. The van der Waals surface area contributed by atoms with Crippen molar-refractivity contribution in [2.24, 2.45) is 0 Å². The molecule has 1 aromatic carbocycles. The lowest BCUT2D eigenvalue weighted by atomic mass is 10.0. The highest BCUT2D eigenvalue weighted by atomic mass is 16.6. The number of aromatic hydroxyl groups is 1. The SMILES string of the molecule is CC(=O)c1cc(O)cc(C#N)c1[N+](=O)[O-]. The summed E-state index contributed by atoms with van der Waals surface area (Å²) in [6.07, 6.45) is 0. The van der Waals surface area contributed by atoms with E-state index >= 15 is 0 Å². The third-order valence-electron chi connectivity index (χ3n) is 1.78. The van der Waals surface area contributed by atoms with E-state index in [2.05, 4.69) is 0 Å². The molecule has 15 heavy (non-hydrogen) atoms. The van der Waals surface area contributed by atoms with E-state index in [1.165, 1.54) is 0 Å². The summed E-state index contributed by atoms with van der Waals surface area (Å²) in [5, 5.41) is 28.4. The van der Waals surface area contributed by atoms with Crippen LogP contribution in [0.1, 0.15) is 22.8 Å². The summed E-state index contributed by atoms with van der Waals surface area (Å²) in [6.45, 7) is 1.13. The van der Waals surface area contributed by atoms with Gasteiger partial charge in [-0.1, -0.05) is 0 Å². The van der Waals surface area contributed by atoms with Gasteiger partial charge < -0.3 is 5.11 Å². The highest BCUT2D eigenvalue weighted by Crippen LogP contribution is 2.28. The van der Waals surface area contributed by atoms with Gasteiger partial charge in [-0.2, -0.15) is 5.26 Å². The van der Waals surface area contributed by atoms with E-state index < -0.39 is 16.4 Å². The minimum atomic E-state index is -0.811. The Kier molecular flexibility index (Phi) is 2.67. The number of phenolic OH excluding ortho intramolecular Hbond substituents is 1. The molecule has 0 amide bonds. The molecule has 6 heteroatoms. The first kappa shape index (κ1) is 10.7. The summed E-state index contributed by atoms with van der Waals surface area (Å²) < 4.78 is 0. The number of nitro benzene ring substituents is 1. The molecule has 1 aromatic rings. The molecule has 0 spiro atoms. The van der Waals surface area contributed by atoms with Crippen molar-refractivity contribution in [1.29, 1.82) is 5.26 Å². The number of benzene rings is 1. The van der Waals surface area contributed by atoms with Gasteiger partial charge in [0.2, 0.25) is 0 Å². The molecule has 0 fully saturated rings. The summed E-state index contributed by atoms with van der Waals surface area (Å²) in [7, 11) is 0. The van der Waals surface area contributed by atoms with Crippen LogP contribution in [0.3, 0.4) is 0 Å². The molecule has 0 bridgehead atoms. The number of nitrogens with zero attached hydrogens (tertiary/aromatic N) is 2. The molecule has 0 aliphatic rings. The number of phenols is 1. The lowest BCUT2D eigenvalue weighted by Gasteiger charge is -2.01. The van der Waals surface area contributed by atoms with Gasteiger partial charge in [-0.3, -0.25) is 14.9 Å². The molecular formula is C9H6N2O4. The van der Waals surface area contributed by atoms with Crippen LogP contribution in [0.5, 0.6) is 5.75 Å². The van der Waals surface area contributed by atoms with Crippen LogP contribution < -0.4 is 0 Å². The second-order valence-corrected chi connectivity index (χ2v) is 2.81. The number of hydrogen-bond donors (Lipinski definition) is 1. The Balaban J connectivity index is 3.64. The van der Waals surface area contributed by atoms with E-state index in [0.717, 1.165) is 19.1 Å². The van der Waals surface area contributed by atoms with Crippen LogP contribution in [0.4, 0.5) is 5.69 Å². The lowest BCUT2D eigenvalue weighted by molar-refractivity contribution is -0.385. The van der Waals surface area contributed by atoms with Crippen LogP contribution in [0.25, 0.3) is 0 Å². The van der Waals surface area contributed by atoms with E-state index in [1.54, 1.807) is 6.07 Å². The standard InChI is InChI=1S/C9H6N2O4/c1-5(12)8-3-7(13)2-6(4-10)9(8)11(14)15/h2-3,13H,1H3. The molecule has 0 saturated carbocycles. The summed E-state index contributed by atoms with van der Waals surface area (Å²) in [5.74, 6) is -0.920. The van der Waals surface area contributed by atoms with Crippen molar-refractivity contribution in [3.05, 3.63) is 33.4 Å². The third kappa shape index (κ3) is 1.91. The number of ketones is 1. The zero-order chi connectivity index (χ0) is 11.6. The minimum absolute atomic E-state index is 0.267. The fraction of sp³-hybridized carbons (Fsp3) is 0.111. The monoisotopic (exact) mass is 206 g/mol. The molecule has 0 unspecified atom stereocenters. The van der Waals surface area contributed by atoms with Gasteiger partial charge in [-0.05, 0) is 13.0 Å². The first-order chi connectivity index (χ1) is 6.97. The van der Waals surface area contributed by atoms with Gasteiger partial charge in [0.15, 0.2) is 5.78 Å². The van der Waals surface area contributed by atoms with Crippen LogP contribution in [-0.4, -0.2) is 15.8 Å². The van der Waals surface area contributed by atoms with Crippen molar-refractivity contribution in [3.8, 4) is 11.8 Å². The third-order valence-corrected chi connectivity index (χ3v) is 1.78. The lowest BCUT2D eigenvalue weighted by Crippen LogP contribution is -2.02. The van der Waals surface area contributed by atoms with Crippen molar-refractivity contribution in [1.82, 2.24) is 0 Å². The van der Waals surface area contributed by atoms with Gasteiger partial charge in [-0.25, -0.2) is 0 Å². The van der Waals surface area contributed by atoms with E-state index in [-0.39, 0.29) is 16.9 Å². The number of nitro groups is 1. The molecular weight excluding hydrogens is 200 g/mol. The molecule has 1 rings (SSSR count). The zero-order valence-electron chi connectivity index (χ0n) is 7.72. The Morgan fingerprint density at radius 2 is 2.20 bits per heavy atom. The van der Waals surface area contributed by atoms with E-state index in [0.29, 0.717) is 0 Å². The molecule has 0 atom stereocenters. The summed E-state index contributed by atoms with van der Waals surface area (Å²) in [5.41, 5.74) is -1.16. The molecule has 76 valence electrons. The second-order valence-electron chi connectivity index (χ2n) is 2.81. The smallest absolute Gasteiger partial charge is 0.298 e. The maximum atomic E-state index is 11.1. The Bertz CT molecular complexity index is 488. The predicted molar refractivity (Wildman–Crippen MR) is 49.5 cm³/mol. The summed E-state index contributed by atoms with van der Waals surface area (Å²) in [6, 6.07) is 3.48. The van der Waals surface area contributed by atoms with Crippen molar-refractivity contribution in [2.45, 2.75) is 6.92 Å². The van der Waals surface area contributed by atoms with Crippen LogP contribution in [0.15, 0.2) is 12.1 Å². The van der Waals surface area contributed by atoms with Crippen molar-refractivity contribution < 1.29 is 14.8 Å². The minimum Gasteiger partial charge on any atom is -0.508 e. The average molecular weight is 206 g/mol. The molecule has 6 nitrogen and oxygen atoms in total. The highest BCUT2D eigenvalue weighted by Gasteiger charge is 2.23. The van der Waals surface area contributed by atoms with E-state index in [9.17, 15) is 14.9 Å². The first-order valence-corrected chi connectivity index (χ1v) is 3.89. The highest BCUT2D eigenvalue weighted by molar-refractivity contribution is 5.99. The van der Waals surface area contributed by atoms with Gasteiger partial charge >= 0.3 is 0 Å². The largest absolute Gasteiger partial charge is 0.508 e. The number of rotatable bonds is 2. The van der Waals surface area contributed by atoms with Gasteiger partial charge in [0.05, 0.1) is 4.92 Å². The van der Waals surface area contributed by atoms with Crippen molar-refractivity contribution >= 4 is 11.5 Å². The van der Waals surface area contributed by atoms with Gasteiger partial charge in [0.1, 0.15) is 22.9 Å². The molecule has 0 heterocycles. The summed E-state index contributed by atoms with van der Waals surface area (Å²) >= 11 is 0. The van der Waals surface area contributed by atoms with Crippen LogP contribution in [-0.2, 0) is 0 Å². The maximum Gasteiger partial charge on any atom is 0.298 e. The van der Waals surface area contributed by atoms with Crippen molar-refractivity contribution in [2.75, 3.05) is 0 Å².